The number of Topliss-reactive ketones (excluding diaryl/α,β-unsaturated/α-hetero) is 1. The van der Waals surface area contributed by atoms with Gasteiger partial charge in [-0.3, -0.25) is 4.79 Å². The molecule has 0 N–H and O–H groups in total. The summed E-state index contributed by atoms with van der Waals surface area (Å²) < 4.78 is 4.68. The van der Waals surface area contributed by atoms with Crippen LogP contribution in [0.4, 0.5) is 0 Å². The van der Waals surface area contributed by atoms with E-state index < -0.39 is 11.8 Å². The summed E-state index contributed by atoms with van der Waals surface area (Å²) in [6.07, 6.45) is 0. The van der Waals surface area contributed by atoms with E-state index in [9.17, 15) is 9.59 Å². The van der Waals surface area contributed by atoms with Crippen molar-refractivity contribution in [2.24, 2.45) is 0 Å². The Morgan fingerprint density at radius 2 is 1.83 bits per heavy atom. The molecule has 2 aromatic rings. The van der Waals surface area contributed by atoms with Gasteiger partial charge in [0.25, 0.3) is 5.78 Å². The second-order valence-electron chi connectivity index (χ2n) is 3.76. The van der Waals surface area contributed by atoms with Crippen molar-refractivity contribution in [2.45, 2.75) is 6.92 Å². The largest absolute Gasteiger partial charge is 0.460 e. The molecule has 92 valence electrons. The van der Waals surface area contributed by atoms with Gasteiger partial charge in [0, 0.05) is 10.6 Å². The zero-order valence-corrected chi connectivity index (χ0v) is 10.5. The maximum absolute atomic E-state index is 11.8. The number of esters is 1. The summed E-state index contributed by atoms with van der Waals surface area (Å²) in [5.41, 5.74) is 0.309. The lowest BCUT2D eigenvalue weighted by Crippen LogP contribution is -2.17. The third kappa shape index (κ3) is 2.51. The lowest BCUT2D eigenvalue weighted by Gasteiger charge is -2.03. The zero-order valence-electron chi connectivity index (χ0n) is 9.77. The number of carbonyl (C=O) groups is 2. The molecule has 4 heteroatoms. The van der Waals surface area contributed by atoms with Gasteiger partial charge in [0.1, 0.15) is 0 Å². The van der Waals surface area contributed by atoms with Crippen LogP contribution in [0.3, 0.4) is 0 Å². The molecule has 0 atom stereocenters. The number of benzene rings is 2. The quantitative estimate of drug-likeness (QED) is 0.484. The van der Waals surface area contributed by atoms with Crippen LogP contribution in [0.2, 0.25) is 5.02 Å². The predicted octanol–water partition coefficient (Wildman–Crippen LogP) is 3.24. The fourth-order valence-corrected chi connectivity index (χ4v) is 1.85. The molecule has 0 aliphatic carbocycles. The minimum absolute atomic E-state index is 0.185. The van der Waals surface area contributed by atoms with Crippen molar-refractivity contribution in [1.82, 2.24) is 0 Å². The highest BCUT2D eigenvalue weighted by molar-refractivity contribution is 6.41. The average molecular weight is 263 g/mol. The highest BCUT2D eigenvalue weighted by Crippen LogP contribution is 2.21. The SMILES string of the molecule is CCOC(=O)C(=O)c1ccc2ccc(Cl)cc2c1. The van der Waals surface area contributed by atoms with E-state index in [4.69, 9.17) is 11.6 Å². The van der Waals surface area contributed by atoms with Crippen molar-refractivity contribution >= 4 is 34.1 Å². The van der Waals surface area contributed by atoms with Gasteiger partial charge in [-0.1, -0.05) is 29.8 Å². The first kappa shape index (κ1) is 12.6. The Balaban J connectivity index is 2.40. The van der Waals surface area contributed by atoms with Crippen LogP contribution in [-0.2, 0) is 9.53 Å². The van der Waals surface area contributed by atoms with E-state index in [2.05, 4.69) is 4.74 Å². The normalized spacial score (nSPS) is 10.3. The predicted molar refractivity (Wildman–Crippen MR) is 69.9 cm³/mol. The second kappa shape index (κ2) is 5.19. The number of hydrogen-bond acceptors (Lipinski definition) is 3. The van der Waals surface area contributed by atoms with Gasteiger partial charge in [0.15, 0.2) is 0 Å². The minimum Gasteiger partial charge on any atom is -0.460 e. The Labute approximate surface area is 109 Å². The highest BCUT2D eigenvalue weighted by atomic mass is 35.5. The lowest BCUT2D eigenvalue weighted by atomic mass is 10.0. The summed E-state index contributed by atoms with van der Waals surface area (Å²) in [5, 5.41) is 2.36. The maximum atomic E-state index is 11.8. The molecule has 2 rings (SSSR count). The Bertz CT molecular complexity index is 619. The molecule has 0 saturated heterocycles. The topological polar surface area (TPSA) is 43.4 Å². The van der Waals surface area contributed by atoms with Crippen LogP contribution in [-0.4, -0.2) is 18.4 Å². The van der Waals surface area contributed by atoms with Crippen molar-refractivity contribution in [3.63, 3.8) is 0 Å². The van der Waals surface area contributed by atoms with E-state index >= 15 is 0 Å². The standard InChI is InChI=1S/C14H11ClO3/c1-2-18-14(17)13(16)10-4-3-9-5-6-12(15)8-11(9)7-10/h3-8H,2H2,1H3. The number of hydrogen-bond donors (Lipinski definition) is 0. The maximum Gasteiger partial charge on any atom is 0.379 e. The number of carbonyl (C=O) groups excluding carboxylic acids is 2. The second-order valence-corrected chi connectivity index (χ2v) is 4.19. The van der Waals surface area contributed by atoms with E-state index in [1.807, 2.05) is 6.07 Å². The van der Waals surface area contributed by atoms with Crippen LogP contribution >= 0.6 is 11.6 Å². The van der Waals surface area contributed by atoms with Crippen molar-refractivity contribution in [3.05, 3.63) is 47.0 Å². The molecule has 0 aromatic heterocycles. The number of fused-ring (bicyclic) bond motifs is 1. The summed E-state index contributed by atoms with van der Waals surface area (Å²) in [6, 6.07) is 10.4. The molecule has 2 aromatic carbocycles. The fraction of sp³-hybridized carbons (Fsp3) is 0.143. The molecule has 0 spiro atoms. The van der Waals surface area contributed by atoms with Gasteiger partial charge in [0.05, 0.1) is 6.61 Å². The van der Waals surface area contributed by atoms with Crippen molar-refractivity contribution < 1.29 is 14.3 Å². The molecule has 0 heterocycles. The molecule has 0 aliphatic heterocycles. The van der Waals surface area contributed by atoms with E-state index in [-0.39, 0.29) is 6.61 Å². The Hall–Kier alpha value is -1.87. The molecule has 0 unspecified atom stereocenters. The summed E-state index contributed by atoms with van der Waals surface area (Å²) in [4.78, 5) is 23.1. The Morgan fingerprint density at radius 1 is 1.11 bits per heavy atom. The highest BCUT2D eigenvalue weighted by Gasteiger charge is 2.17. The summed E-state index contributed by atoms with van der Waals surface area (Å²) in [6.45, 7) is 1.84. The van der Waals surface area contributed by atoms with Gasteiger partial charge in [-0.05, 0) is 35.9 Å². The van der Waals surface area contributed by atoms with Gasteiger partial charge in [-0.25, -0.2) is 4.79 Å². The van der Waals surface area contributed by atoms with E-state index in [0.29, 0.717) is 10.6 Å². The fourth-order valence-electron chi connectivity index (χ4n) is 1.67. The number of ketones is 1. The van der Waals surface area contributed by atoms with Gasteiger partial charge in [-0.2, -0.15) is 0 Å². The summed E-state index contributed by atoms with van der Waals surface area (Å²) >= 11 is 5.89. The van der Waals surface area contributed by atoms with Crippen molar-refractivity contribution in [2.75, 3.05) is 6.61 Å². The number of halogens is 1. The molecular formula is C14H11ClO3. The van der Waals surface area contributed by atoms with Gasteiger partial charge < -0.3 is 4.74 Å². The van der Waals surface area contributed by atoms with Crippen LogP contribution < -0.4 is 0 Å². The molecule has 3 nitrogen and oxygen atoms in total. The van der Waals surface area contributed by atoms with Gasteiger partial charge in [0.2, 0.25) is 0 Å². The van der Waals surface area contributed by atoms with Gasteiger partial charge >= 0.3 is 5.97 Å². The van der Waals surface area contributed by atoms with Crippen molar-refractivity contribution in [3.8, 4) is 0 Å². The first-order chi connectivity index (χ1) is 8.61. The molecule has 0 aliphatic rings. The minimum atomic E-state index is -0.834. The molecule has 0 amide bonds. The summed E-state index contributed by atoms with van der Waals surface area (Å²) in [7, 11) is 0. The van der Waals surface area contributed by atoms with Crippen LogP contribution in [0.25, 0.3) is 10.8 Å². The Morgan fingerprint density at radius 3 is 2.56 bits per heavy atom. The summed E-state index contributed by atoms with van der Waals surface area (Å²) in [5.74, 6) is -1.47. The van der Waals surface area contributed by atoms with Crippen LogP contribution in [0.5, 0.6) is 0 Å². The first-order valence-electron chi connectivity index (χ1n) is 5.52. The van der Waals surface area contributed by atoms with E-state index in [1.165, 1.54) is 0 Å². The van der Waals surface area contributed by atoms with Crippen molar-refractivity contribution in [1.29, 1.82) is 0 Å². The average Bonchev–Trinajstić information content (AvgIpc) is 2.37. The first-order valence-corrected chi connectivity index (χ1v) is 5.90. The molecule has 0 radical (unpaired) electrons. The van der Waals surface area contributed by atoms with Gasteiger partial charge in [-0.15, -0.1) is 0 Å². The molecule has 0 bridgehead atoms. The molecule has 18 heavy (non-hydrogen) atoms. The molecular weight excluding hydrogens is 252 g/mol. The van der Waals surface area contributed by atoms with E-state index in [1.54, 1.807) is 37.3 Å². The monoisotopic (exact) mass is 262 g/mol. The number of rotatable bonds is 3. The lowest BCUT2D eigenvalue weighted by molar-refractivity contribution is -0.137. The van der Waals surface area contributed by atoms with Crippen LogP contribution in [0.15, 0.2) is 36.4 Å². The Kier molecular flexibility index (Phi) is 3.63. The zero-order chi connectivity index (χ0) is 13.1. The molecule has 0 saturated carbocycles. The number of ether oxygens (including phenoxy) is 1. The third-order valence-electron chi connectivity index (χ3n) is 2.53. The van der Waals surface area contributed by atoms with Crippen LogP contribution in [0, 0.1) is 0 Å². The third-order valence-corrected chi connectivity index (χ3v) is 2.76. The van der Waals surface area contributed by atoms with E-state index in [0.717, 1.165) is 10.8 Å². The smallest absolute Gasteiger partial charge is 0.379 e. The van der Waals surface area contributed by atoms with Crippen LogP contribution in [0.1, 0.15) is 17.3 Å². The molecule has 0 fully saturated rings.